The van der Waals surface area contributed by atoms with Crippen molar-refractivity contribution in [2.75, 3.05) is 18.4 Å². The van der Waals surface area contributed by atoms with E-state index in [1.807, 2.05) is 0 Å². The summed E-state index contributed by atoms with van der Waals surface area (Å²) >= 11 is 5.88. The highest BCUT2D eigenvalue weighted by atomic mass is 35.5. The van der Waals surface area contributed by atoms with Crippen molar-refractivity contribution in [2.24, 2.45) is 5.41 Å². The third-order valence-electron chi connectivity index (χ3n) is 6.00. The molecule has 1 aromatic carbocycles. The van der Waals surface area contributed by atoms with Gasteiger partial charge in [-0.25, -0.2) is 8.78 Å². The molecule has 0 amide bonds. The highest BCUT2D eigenvalue weighted by molar-refractivity contribution is 6.29. The van der Waals surface area contributed by atoms with Gasteiger partial charge in [0.2, 0.25) is 0 Å². The zero-order valence-electron chi connectivity index (χ0n) is 17.2. The van der Waals surface area contributed by atoms with E-state index in [1.54, 1.807) is 0 Å². The first kappa shape index (κ1) is 22.1. The van der Waals surface area contributed by atoms with Gasteiger partial charge in [0.05, 0.1) is 11.7 Å². The van der Waals surface area contributed by atoms with E-state index >= 15 is 0 Å². The second-order valence-electron chi connectivity index (χ2n) is 8.53. The average Bonchev–Trinajstić information content (AvgIpc) is 3.04. The molecule has 0 radical (unpaired) electrons. The van der Waals surface area contributed by atoms with E-state index in [0.29, 0.717) is 0 Å². The minimum Gasteiger partial charge on any atom is -0.490 e. The van der Waals surface area contributed by atoms with Crippen LogP contribution >= 0.6 is 11.6 Å². The van der Waals surface area contributed by atoms with Crippen molar-refractivity contribution < 1.29 is 26.7 Å². The van der Waals surface area contributed by atoms with Gasteiger partial charge < -0.3 is 15.4 Å². The Morgan fingerprint density at radius 1 is 1.18 bits per heavy atom. The maximum absolute atomic E-state index is 14.8. The number of benzene rings is 1. The summed E-state index contributed by atoms with van der Waals surface area (Å²) in [6.45, 7) is 2.75. The van der Waals surface area contributed by atoms with Gasteiger partial charge in [0, 0.05) is 36.7 Å². The number of nitrogens with zero attached hydrogens (tertiary/aromatic N) is 4. The summed E-state index contributed by atoms with van der Waals surface area (Å²) in [5.41, 5.74) is -0.307. The maximum atomic E-state index is 14.8. The first-order chi connectivity index (χ1) is 15.5. The Morgan fingerprint density at radius 2 is 1.85 bits per heavy atom. The number of ether oxygens (including phenoxy) is 1. The molecule has 2 N–H and O–H groups in total. The van der Waals surface area contributed by atoms with E-state index in [0.717, 1.165) is 55.6 Å². The lowest BCUT2D eigenvalue weighted by Crippen LogP contribution is -2.62. The summed E-state index contributed by atoms with van der Waals surface area (Å²) in [7, 11) is 0. The third-order valence-corrected chi connectivity index (χ3v) is 6.19. The van der Waals surface area contributed by atoms with Crippen LogP contribution in [0.2, 0.25) is 5.15 Å². The van der Waals surface area contributed by atoms with Gasteiger partial charge in [0.1, 0.15) is 34.4 Å². The van der Waals surface area contributed by atoms with Crippen LogP contribution in [0.25, 0.3) is 17.2 Å². The zero-order chi connectivity index (χ0) is 23.5. The van der Waals surface area contributed by atoms with Crippen molar-refractivity contribution in [3.05, 3.63) is 35.0 Å². The first-order valence-electron chi connectivity index (χ1n) is 10.2. The normalized spacial score (nSPS) is 18.8. The highest BCUT2D eigenvalue weighted by Gasteiger charge is 2.49. The van der Waals surface area contributed by atoms with Crippen molar-refractivity contribution in [2.45, 2.75) is 38.1 Å². The van der Waals surface area contributed by atoms with Crippen LogP contribution < -0.4 is 15.4 Å². The number of fused-ring (bicyclic) bond motifs is 1. The zero-order valence-corrected chi connectivity index (χ0v) is 17.9. The molecule has 2 aromatic heterocycles. The monoisotopic (exact) mass is 488 g/mol. The number of hydrogen-bond acceptors (Lipinski definition) is 6. The van der Waals surface area contributed by atoms with Crippen LogP contribution in [0.3, 0.4) is 0 Å². The quantitative estimate of drug-likeness (QED) is 0.414. The van der Waals surface area contributed by atoms with E-state index in [-0.39, 0.29) is 34.0 Å². The summed E-state index contributed by atoms with van der Waals surface area (Å²) in [5, 5.41) is 9.22. The van der Waals surface area contributed by atoms with Gasteiger partial charge >= 0.3 is 6.18 Å². The van der Waals surface area contributed by atoms with Crippen molar-refractivity contribution >= 4 is 23.2 Å². The van der Waals surface area contributed by atoms with Crippen molar-refractivity contribution in [3.8, 4) is 17.1 Å². The molecule has 1 aliphatic heterocycles. The molecule has 3 aromatic rings. The van der Waals surface area contributed by atoms with Gasteiger partial charge in [0.25, 0.3) is 5.78 Å². The van der Waals surface area contributed by atoms with Gasteiger partial charge in [-0.05, 0) is 19.8 Å². The minimum absolute atomic E-state index is 0.0483. The molecule has 1 unspecified atom stereocenters. The summed E-state index contributed by atoms with van der Waals surface area (Å²) < 4.78 is 75.2. The molecule has 1 saturated heterocycles. The van der Waals surface area contributed by atoms with E-state index < -0.39 is 35.2 Å². The molecule has 1 aliphatic carbocycles. The fourth-order valence-electron chi connectivity index (χ4n) is 4.13. The van der Waals surface area contributed by atoms with Crippen LogP contribution in [-0.4, -0.2) is 51.0 Å². The van der Waals surface area contributed by atoms with Crippen molar-refractivity contribution in [1.82, 2.24) is 24.9 Å². The van der Waals surface area contributed by atoms with E-state index in [9.17, 15) is 22.0 Å². The molecule has 7 nitrogen and oxygen atoms in total. The van der Waals surface area contributed by atoms with E-state index in [4.69, 9.17) is 16.3 Å². The lowest BCUT2D eigenvalue weighted by Gasteiger charge is -2.53. The molecule has 1 atom stereocenters. The molecule has 3 heterocycles. The fraction of sp³-hybridized carbons (Fsp3) is 0.450. The SMILES string of the molecule is CC(Nc1cc(Cl)nc2nc(-c3c(F)cc(OC4CC5(CNC5)C4)cc3F)nn12)C(F)(F)F. The molecule has 33 heavy (non-hydrogen) atoms. The number of hydrogen-bond donors (Lipinski definition) is 2. The minimum atomic E-state index is -4.55. The number of anilines is 1. The molecule has 0 bridgehead atoms. The largest absolute Gasteiger partial charge is 0.490 e. The second-order valence-corrected chi connectivity index (χ2v) is 8.92. The molecule has 1 spiro atoms. The first-order valence-corrected chi connectivity index (χ1v) is 10.5. The summed E-state index contributed by atoms with van der Waals surface area (Å²) in [5.74, 6) is -2.68. The average molecular weight is 489 g/mol. The Hall–Kier alpha value is -2.73. The summed E-state index contributed by atoms with van der Waals surface area (Å²) in [6, 6.07) is 1.25. The van der Waals surface area contributed by atoms with Crippen LogP contribution in [0.15, 0.2) is 18.2 Å². The number of nitrogens with one attached hydrogen (secondary N) is 2. The predicted octanol–water partition coefficient (Wildman–Crippen LogP) is 4.22. The lowest BCUT2D eigenvalue weighted by molar-refractivity contribution is -0.138. The standard InChI is InChI=1S/C20H18ClF5N6O/c1-9(20(24,25)26)28-15-4-14(21)29-18-30-17(31-32(15)18)16-12(22)2-10(3-13(16)23)33-11-5-19(6-11)7-27-8-19/h2-4,9,11,27-28H,5-8H2,1H3. The van der Waals surface area contributed by atoms with Gasteiger partial charge in [-0.15, -0.1) is 5.10 Å². The van der Waals surface area contributed by atoms with Crippen molar-refractivity contribution in [3.63, 3.8) is 0 Å². The molecule has 2 fully saturated rings. The Balaban J connectivity index is 1.43. The number of rotatable bonds is 5. The second kappa shape index (κ2) is 7.66. The topological polar surface area (TPSA) is 76.4 Å². The van der Waals surface area contributed by atoms with E-state index in [2.05, 4.69) is 25.7 Å². The Bertz CT molecular complexity index is 1200. The third kappa shape index (κ3) is 4.05. The molecule has 176 valence electrons. The van der Waals surface area contributed by atoms with Crippen LogP contribution in [0.1, 0.15) is 19.8 Å². The van der Waals surface area contributed by atoms with Gasteiger partial charge in [-0.1, -0.05) is 11.6 Å². The summed E-state index contributed by atoms with van der Waals surface area (Å²) in [4.78, 5) is 7.83. The molecular formula is C20H18ClF5N6O. The van der Waals surface area contributed by atoms with Crippen LogP contribution in [0.4, 0.5) is 27.8 Å². The van der Waals surface area contributed by atoms with Crippen LogP contribution in [0, 0.1) is 17.0 Å². The number of halogens is 6. The molecule has 1 saturated carbocycles. The predicted molar refractivity (Wildman–Crippen MR) is 109 cm³/mol. The lowest BCUT2D eigenvalue weighted by atomic mass is 9.63. The van der Waals surface area contributed by atoms with Gasteiger partial charge in [-0.3, -0.25) is 0 Å². The van der Waals surface area contributed by atoms with Crippen LogP contribution in [0.5, 0.6) is 5.75 Å². The number of alkyl halides is 3. The van der Waals surface area contributed by atoms with Crippen molar-refractivity contribution in [1.29, 1.82) is 0 Å². The molecule has 5 rings (SSSR count). The fourth-order valence-corrected chi connectivity index (χ4v) is 4.31. The molecule has 2 aliphatic rings. The molecular weight excluding hydrogens is 471 g/mol. The Morgan fingerprint density at radius 3 is 2.42 bits per heavy atom. The highest BCUT2D eigenvalue weighted by Crippen LogP contribution is 2.46. The van der Waals surface area contributed by atoms with Gasteiger partial charge in [-0.2, -0.15) is 27.7 Å². The smallest absolute Gasteiger partial charge is 0.408 e. The molecule has 13 heteroatoms. The summed E-state index contributed by atoms with van der Waals surface area (Å²) in [6.07, 6.45) is -3.02. The van der Waals surface area contributed by atoms with Gasteiger partial charge in [0.15, 0.2) is 5.82 Å². The van der Waals surface area contributed by atoms with E-state index in [1.165, 1.54) is 0 Å². The maximum Gasteiger partial charge on any atom is 0.408 e. The Kier molecular flexibility index (Phi) is 5.12. The van der Waals surface area contributed by atoms with Crippen LogP contribution in [-0.2, 0) is 0 Å². The number of aromatic nitrogens is 4. The Labute approximate surface area is 189 Å².